The molecule has 0 spiro atoms. The van der Waals surface area contributed by atoms with Crippen molar-refractivity contribution in [3.8, 4) is 0 Å². The number of rotatable bonds is 6. The Hall–Kier alpha value is -2.24. The lowest BCUT2D eigenvalue weighted by Crippen LogP contribution is -2.40. The van der Waals surface area contributed by atoms with E-state index >= 15 is 0 Å². The molecule has 1 fully saturated rings. The number of ether oxygens (including phenoxy) is 1. The van der Waals surface area contributed by atoms with Crippen molar-refractivity contribution < 1.29 is 9.53 Å². The van der Waals surface area contributed by atoms with Gasteiger partial charge in [-0.25, -0.2) is 0 Å². The number of pyridine rings is 1. The fourth-order valence-corrected chi connectivity index (χ4v) is 3.21. The van der Waals surface area contributed by atoms with Crippen LogP contribution >= 0.6 is 0 Å². The maximum absolute atomic E-state index is 12.6. The molecule has 1 aromatic heterocycles. The van der Waals surface area contributed by atoms with Gasteiger partial charge in [-0.15, -0.1) is 0 Å². The van der Waals surface area contributed by atoms with Crippen molar-refractivity contribution in [3.05, 3.63) is 65.5 Å². The van der Waals surface area contributed by atoms with Crippen LogP contribution in [-0.4, -0.2) is 49.1 Å². The van der Waals surface area contributed by atoms with Crippen LogP contribution in [0.3, 0.4) is 0 Å². The zero-order valence-corrected chi connectivity index (χ0v) is 14.8. The Morgan fingerprint density at radius 2 is 2.00 bits per heavy atom. The maximum atomic E-state index is 12.6. The van der Waals surface area contributed by atoms with Gasteiger partial charge in [0.15, 0.2) is 0 Å². The second-order valence-electron chi connectivity index (χ2n) is 6.88. The zero-order valence-electron chi connectivity index (χ0n) is 14.8. The van der Waals surface area contributed by atoms with Crippen molar-refractivity contribution in [3.63, 3.8) is 0 Å². The van der Waals surface area contributed by atoms with E-state index in [0.717, 1.165) is 18.5 Å². The summed E-state index contributed by atoms with van der Waals surface area (Å²) in [5.41, 5.74) is 3.06. The van der Waals surface area contributed by atoms with Gasteiger partial charge in [-0.2, -0.15) is 0 Å². The Balaban J connectivity index is 1.63. The molecule has 1 amide bonds. The van der Waals surface area contributed by atoms with E-state index in [1.54, 1.807) is 12.4 Å². The van der Waals surface area contributed by atoms with Crippen LogP contribution in [0.25, 0.3) is 0 Å². The highest BCUT2D eigenvalue weighted by molar-refractivity contribution is 5.94. The molecule has 0 saturated carbocycles. The Morgan fingerprint density at radius 3 is 2.76 bits per heavy atom. The predicted molar refractivity (Wildman–Crippen MR) is 97.3 cm³/mol. The predicted octanol–water partition coefficient (Wildman–Crippen LogP) is 2.13. The Labute approximate surface area is 149 Å². The van der Waals surface area contributed by atoms with Gasteiger partial charge in [-0.3, -0.25) is 9.78 Å². The summed E-state index contributed by atoms with van der Waals surface area (Å²) in [4.78, 5) is 18.8. The standard InChI is InChI=1S/C20H25N3O2/c1-23(2)12-16-4-3-5-17(11-16)20(24)22-19-14-25-13-18(19)10-15-6-8-21-9-7-15/h3-9,11,18-19H,10,12-14H2,1-2H3,(H,22,24)/t18-,19+/m1/s1. The summed E-state index contributed by atoms with van der Waals surface area (Å²) in [5, 5.41) is 3.15. The molecular weight excluding hydrogens is 314 g/mol. The van der Waals surface area contributed by atoms with Crippen molar-refractivity contribution in [1.29, 1.82) is 0 Å². The summed E-state index contributed by atoms with van der Waals surface area (Å²) >= 11 is 0. The third-order valence-corrected chi connectivity index (χ3v) is 4.45. The molecule has 0 unspecified atom stereocenters. The van der Waals surface area contributed by atoms with Gasteiger partial charge >= 0.3 is 0 Å². The summed E-state index contributed by atoms with van der Waals surface area (Å²) in [6.07, 6.45) is 4.48. The van der Waals surface area contributed by atoms with Gasteiger partial charge in [0.2, 0.25) is 0 Å². The van der Waals surface area contributed by atoms with E-state index in [-0.39, 0.29) is 17.9 Å². The Bertz CT molecular complexity index is 703. The van der Waals surface area contributed by atoms with E-state index in [1.165, 1.54) is 5.56 Å². The topological polar surface area (TPSA) is 54.5 Å². The van der Waals surface area contributed by atoms with Crippen LogP contribution < -0.4 is 5.32 Å². The summed E-state index contributed by atoms with van der Waals surface area (Å²) < 4.78 is 5.62. The first kappa shape index (κ1) is 17.6. The summed E-state index contributed by atoms with van der Waals surface area (Å²) in [6, 6.07) is 11.9. The van der Waals surface area contributed by atoms with Gasteiger partial charge in [0.25, 0.3) is 5.91 Å². The lowest BCUT2D eigenvalue weighted by atomic mass is 9.95. The fourth-order valence-electron chi connectivity index (χ4n) is 3.21. The molecule has 1 aliphatic heterocycles. The first-order valence-electron chi connectivity index (χ1n) is 8.63. The van der Waals surface area contributed by atoms with Crippen LogP contribution in [0.1, 0.15) is 21.5 Å². The number of hydrogen-bond donors (Lipinski definition) is 1. The van der Waals surface area contributed by atoms with Crippen molar-refractivity contribution in [2.45, 2.75) is 19.0 Å². The van der Waals surface area contributed by atoms with Gasteiger partial charge in [-0.05, 0) is 55.9 Å². The third kappa shape index (κ3) is 4.87. The highest BCUT2D eigenvalue weighted by Crippen LogP contribution is 2.19. The first-order chi connectivity index (χ1) is 12.1. The van der Waals surface area contributed by atoms with Crippen molar-refractivity contribution in [2.24, 2.45) is 5.92 Å². The molecule has 2 heterocycles. The molecule has 132 valence electrons. The summed E-state index contributed by atoms with van der Waals surface area (Å²) in [7, 11) is 4.04. The molecule has 1 aromatic carbocycles. The number of carbonyl (C=O) groups is 1. The van der Waals surface area contributed by atoms with E-state index in [0.29, 0.717) is 18.8 Å². The number of nitrogens with zero attached hydrogens (tertiary/aromatic N) is 2. The molecule has 3 rings (SSSR count). The lowest BCUT2D eigenvalue weighted by Gasteiger charge is -2.19. The van der Waals surface area contributed by atoms with Crippen molar-refractivity contribution in [2.75, 3.05) is 27.3 Å². The highest BCUT2D eigenvalue weighted by atomic mass is 16.5. The normalized spacial score (nSPS) is 20.0. The van der Waals surface area contributed by atoms with Crippen LogP contribution in [0.4, 0.5) is 0 Å². The number of amides is 1. The van der Waals surface area contributed by atoms with Crippen LogP contribution in [0, 0.1) is 5.92 Å². The molecule has 2 aromatic rings. The summed E-state index contributed by atoms with van der Waals surface area (Å²) in [5.74, 6) is 0.257. The van der Waals surface area contributed by atoms with Crippen molar-refractivity contribution >= 4 is 5.91 Å². The number of hydrogen-bond acceptors (Lipinski definition) is 4. The SMILES string of the molecule is CN(C)Cc1cccc(C(=O)N[C@H]2COC[C@H]2Cc2ccncc2)c1. The van der Waals surface area contributed by atoms with Gasteiger partial charge < -0.3 is 15.0 Å². The van der Waals surface area contributed by atoms with Gasteiger partial charge in [-0.1, -0.05) is 12.1 Å². The van der Waals surface area contributed by atoms with E-state index in [4.69, 9.17) is 4.74 Å². The average molecular weight is 339 g/mol. The second kappa shape index (κ2) is 8.23. The van der Waals surface area contributed by atoms with E-state index < -0.39 is 0 Å². The van der Waals surface area contributed by atoms with Crippen molar-refractivity contribution in [1.82, 2.24) is 15.2 Å². The quantitative estimate of drug-likeness (QED) is 0.876. The number of carbonyl (C=O) groups excluding carboxylic acids is 1. The molecule has 0 radical (unpaired) electrons. The molecule has 1 aliphatic rings. The third-order valence-electron chi connectivity index (χ3n) is 4.45. The number of nitrogens with one attached hydrogen (secondary N) is 1. The Kier molecular flexibility index (Phi) is 5.79. The van der Waals surface area contributed by atoms with Gasteiger partial charge in [0, 0.05) is 30.4 Å². The second-order valence-corrected chi connectivity index (χ2v) is 6.88. The smallest absolute Gasteiger partial charge is 0.251 e. The van der Waals surface area contributed by atoms with Crippen LogP contribution in [0.15, 0.2) is 48.8 Å². The first-order valence-corrected chi connectivity index (χ1v) is 8.63. The molecule has 0 bridgehead atoms. The van der Waals surface area contributed by atoms with Gasteiger partial charge in [0.1, 0.15) is 0 Å². The van der Waals surface area contributed by atoms with Crippen LogP contribution in [0.5, 0.6) is 0 Å². The molecule has 0 aliphatic carbocycles. The molecule has 5 nitrogen and oxygen atoms in total. The van der Waals surface area contributed by atoms with E-state index in [9.17, 15) is 4.79 Å². The van der Waals surface area contributed by atoms with E-state index in [2.05, 4.69) is 15.2 Å². The monoisotopic (exact) mass is 339 g/mol. The Morgan fingerprint density at radius 1 is 1.20 bits per heavy atom. The highest BCUT2D eigenvalue weighted by Gasteiger charge is 2.29. The van der Waals surface area contributed by atoms with Gasteiger partial charge in [0.05, 0.1) is 19.3 Å². The molecule has 1 saturated heterocycles. The molecular formula is C20H25N3O2. The fraction of sp³-hybridized carbons (Fsp3) is 0.400. The molecule has 25 heavy (non-hydrogen) atoms. The number of benzene rings is 1. The minimum absolute atomic E-state index is 0.0316. The minimum atomic E-state index is -0.0316. The minimum Gasteiger partial charge on any atom is -0.379 e. The summed E-state index contributed by atoms with van der Waals surface area (Å²) in [6.45, 7) is 2.06. The average Bonchev–Trinajstić information content (AvgIpc) is 3.02. The lowest BCUT2D eigenvalue weighted by molar-refractivity contribution is 0.0925. The maximum Gasteiger partial charge on any atom is 0.251 e. The molecule has 1 N–H and O–H groups in total. The van der Waals surface area contributed by atoms with Crippen LogP contribution in [-0.2, 0) is 17.7 Å². The number of aromatic nitrogens is 1. The molecule has 5 heteroatoms. The molecule has 2 atom stereocenters. The van der Waals surface area contributed by atoms with Crippen LogP contribution in [0.2, 0.25) is 0 Å². The van der Waals surface area contributed by atoms with E-state index in [1.807, 2.05) is 50.5 Å². The largest absolute Gasteiger partial charge is 0.379 e. The zero-order chi connectivity index (χ0) is 17.6.